The van der Waals surface area contributed by atoms with Crippen LogP contribution < -0.4 is 4.90 Å². The van der Waals surface area contributed by atoms with E-state index in [4.69, 9.17) is 4.74 Å². The molecule has 1 heterocycles. The van der Waals surface area contributed by atoms with Gasteiger partial charge in [-0.15, -0.1) is 0 Å². The zero-order valence-corrected chi connectivity index (χ0v) is 10.8. The van der Waals surface area contributed by atoms with E-state index in [0.29, 0.717) is 13.0 Å². The first kappa shape index (κ1) is 13.1. The number of aliphatic hydroxyl groups excluding tert-OH is 1. The van der Waals surface area contributed by atoms with Crippen molar-refractivity contribution in [1.82, 2.24) is 0 Å². The summed E-state index contributed by atoms with van der Waals surface area (Å²) in [7, 11) is 0. The summed E-state index contributed by atoms with van der Waals surface area (Å²) in [6.45, 7) is 4.43. The average Bonchev–Trinajstić information content (AvgIpc) is 2.37. The second kappa shape index (κ2) is 5.50. The molecule has 4 nitrogen and oxygen atoms in total. The maximum atomic E-state index is 12.1. The highest BCUT2D eigenvalue weighted by atomic mass is 16.5. The van der Waals surface area contributed by atoms with Crippen molar-refractivity contribution in [3.63, 3.8) is 0 Å². The van der Waals surface area contributed by atoms with Crippen molar-refractivity contribution in [2.24, 2.45) is 0 Å². The first-order chi connectivity index (χ1) is 8.59. The van der Waals surface area contributed by atoms with Gasteiger partial charge in [0.2, 0.25) is 0 Å². The lowest BCUT2D eigenvalue weighted by molar-refractivity contribution is -0.124. The molecule has 1 aromatic carbocycles. The number of nitrogens with zero attached hydrogens (tertiary/aromatic N) is 1. The van der Waals surface area contributed by atoms with Crippen molar-refractivity contribution >= 4 is 11.6 Å². The van der Waals surface area contributed by atoms with Crippen molar-refractivity contribution in [2.75, 3.05) is 18.1 Å². The molecule has 4 heteroatoms. The van der Waals surface area contributed by atoms with Crippen LogP contribution in [0.2, 0.25) is 0 Å². The zero-order valence-electron chi connectivity index (χ0n) is 10.8. The largest absolute Gasteiger partial charge is 0.388 e. The Kier molecular flexibility index (Phi) is 3.99. The summed E-state index contributed by atoms with van der Waals surface area (Å²) in [4.78, 5) is 13.8. The number of ether oxygens (including phenoxy) is 1. The van der Waals surface area contributed by atoms with Crippen LogP contribution >= 0.6 is 0 Å². The highest BCUT2D eigenvalue weighted by Crippen LogP contribution is 2.33. The van der Waals surface area contributed by atoms with E-state index in [9.17, 15) is 9.90 Å². The fourth-order valence-corrected chi connectivity index (χ4v) is 2.12. The molecule has 1 aliphatic heterocycles. The van der Waals surface area contributed by atoms with Crippen LogP contribution in [-0.2, 0) is 9.53 Å². The van der Waals surface area contributed by atoms with Crippen molar-refractivity contribution < 1.29 is 14.6 Å². The normalized spacial score (nSPS) is 18.9. The Labute approximate surface area is 107 Å². The number of benzene rings is 1. The Bertz CT molecular complexity index is 431. The number of para-hydroxylation sites is 1. The van der Waals surface area contributed by atoms with E-state index in [-0.39, 0.29) is 18.6 Å². The summed E-state index contributed by atoms with van der Waals surface area (Å²) in [6, 6.07) is 7.48. The Morgan fingerprint density at radius 3 is 2.94 bits per heavy atom. The standard InChI is InChI=1S/C14H19NO3/c1-10(2)18-9-14(17)15-8-7-13(16)11-5-3-4-6-12(11)15/h3-6,10,13,16H,7-9H2,1-2H3. The maximum absolute atomic E-state index is 12.1. The summed E-state index contributed by atoms with van der Waals surface area (Å²) >= 11 is 0. The van der Waals surface area contributed by atoms with Crippen molar-refractivity contribution in [2.45, 2.75) is 32.5 Å². The van der Waals surface area contributed by atoms with Gasteiger partial charge in [-0.2, -0.15) is 0 Å². The van der Waals surface area contributed by atoms with Gasteiger partial charge in [-0.1, -0.05) is 18.2 Å². The van der Waals surface area contributed by atoms with Gasteiger partial charge in [-0.05, 0) is 26.3 Å². The predicted molar refractivity (Wildman–Crippen MR) is 69.5 cm³/mol. The first-order valence-corrected chi connectivity index (χ1v) is 6.28. The minimum Gasteiger partial charge on any atom is -0.388 e. The Morgan fingerprint density at radius 1 is 1.50 bits per heavy atom. The van der Waals surface area contributed by atoms with Gasteiger partial charge in [0.25, 0.3) is 5.91 Å². The van der Waals surface area contributed by atoms with Crippen LogP contribution in [0.15, 0.2) is 24.3 Å². The molecule has 0 aliphatic carbocycles. The lowest BCUT2D eigenvalue weighted by Gasteiger charge is -2.32. The molecule has 1 atom stereocenters. The molecule has 2 rings (SSSR count). The Morgan fingerprint density at radius 2 is 2.22 bits per heavy atom. The number of anilines is 1. The maximum Gasteiger partial charge on any atom is 0.252 e. The number of hydrogen-bond donors (Lipinski definition) is 1. The number of aliphatic hydroxyl groups is 1. The van der Waals surface area contributed by atoms with Crippen molar-refractivity contribution in [3.05, 3.63) is 29.8 Å². The Hall–Kier alpha value is -1.39. The molecule has 1 aliphatic rings. The highest BCUT2D eigenvalue weighted by Gasteiger charge is 2.27. The smallest absolute Gasteiger partial charge is 0.252 e. The van der Waals surface area contributed by atoms with Crippen molar-refractivity contribution in [1.29, 1.82) is 0 Å². The van der Waals surface area contributed by atoms with Gasteiger partial charge >= 0.3 is 0 Å². The molecule has 0 aromatic heterocycles. The fourth-order valence-electron chi connectivity index (χ4n) is 2.12. The topological polar surface area (TPSA) is 49.8 Å². The van der Waals surface area contributed by atoms with Crippen LogP contribution in [0.5, 0.6) is 0 Å². The summed E-state index contributed by atoms with van der Waals surface area (Å²) in [5.74, 6) is -0.0527. The van der Waals surface area contributed by atoms with E-state index in [1.807, 2.05) is 38.1 Å². The van der Waals surface area contributed by atoms with Gasteiger partial charge in [0.15, 0.2) is 0 Å². The van der Waals surface area contributed by atoms with E-state index in [2.05, 4.69) is 0 Å². The molecular weight excluding hydrogens is 230 g/mol. The number of fused-ring (bicyclic) bond motifs is 1. The van der Waals surface area contributed by atoms with Gasteiger partial charge in [0.05, 0.1) is 12.2 Å². The number of carbonyl (C=O) groups is 1. The molecule has 1 N–H and O–H groups in total. The molecule has 18 heavy (non-hydrogen) atoms. The van der Waals surface area contributed by atoms with E-state index < -0.39 is 6.10 Å². The minimum absolute atomic E-state index is 0.0413. The molecule has 0 spiro atoms. The summed E-state index contributed by atoms with van der Waals surface area (Å²) in [5, 5.41) is 9.91. The first-order valence-electron chi connectivity index (χ1n) is 6.28. The average molecular weight is 249 g/mol. The van der Waals surface area contributed by atoms with Crippen LogP contribution in [0.1, 0.15) is 31.9 Å². The third-order valence-electron chi connectivity index (χ3n) is 3.05. The number of rotatable bonds is 3. The van der Waals surface area contributed by atoms with E-state index in [1.54, 1.807) is 4.90 Å². The highest BCUT2D eigenvalue weighted by molar-refractivity contribution is 5.95. The van der Waals surface area contributed by atoms with Crippen LogP contribution in [-0.4, -0.2) is 30.3 Å². The lowest BCUT2D eigenvalue weighted by atomic mass is 9.99. The molecular formula is C14H19NO3. The lowest BCUT2D eigenvalue weighted by Crippen LogP contribution is -2.39. The van der Waals surface area contributed by atoms with Gasteiger partial charge in [0.1, 0.15) is 6.61 Å². The van der Waals surface area contributed by atoms with Gasteiger partial charge in [-0.3, -0.25) is 4.79 Å². The molecule has 0 bridgehead atoms. The third-order valence-corrected chi connectivity index (χ3v) is 3.05. The van der Waals surface area contributed by atoms with E-state index in [0.717, 1.165) is 11.3 Å². The predicted octanol–water partition coefficient (Wildman–Crippen LogP) is 1.88. The molecule has 0 saturated carbocycles. The van der Waals surface area contributed by atoms with Gasteiger partial charge in [-0.25, -0.2) is 0 Å². The third kappa shape index (κ3) is 2.71. The summed E-state index contributed by atoms with van der Waals surface area (Å²) in [6.07, 6.45) is 0.139. The molecule has 1 amide bonds. The second-order valence-electron chi connectivity index (χ2n) is 4.77. The minimum atomic E-state index is -0.476. The Balaban J connectivity index is 2.15. The molecule has 1 aromatic rings. The zero-order chi connectivity index (χ0) is 13.1. The molecule has 0 saturated heterocycles. The van der Waals surface area contributed by atoms with Crippen LogP contribution in [0, 0.1) is 0 Å². The van der Waals surface area contributed by atoms with Crippen molar-refractivity contribution in [3.8, 4) is 0 Å². The monoisotopic (exact) mass is 249 g/mol. The number of amides is 1. The molecule has 0 fully saturated rings. The molecule has 0 radical (unpaired) electrons. The quantitative estimate of drug-likeness (QED) is 0.889. The fraction of sp³-hybridized carbons (Fsp3) is 0.500. The van der Waals surface area contributed by atoms with Gasteiger partial charge < -0.3 is 14.7 Å². The van der Waals surface area contributed by atoms with E-state index >= 15 is 0 Å². The summed E-state index contributed by atoms with van der Waals surface area (Å²) < 4.78 is 5.35. The van der Waals surface area contributed by atoms with Gasteiger partial charge in [0, 0.05) is 17.8 Å². The summed E-state index contributed by atoms with van der Waals surface area (Å²) in [5.41, 5.74) is 1.62. The van der Waals surface area contributed by atoms with Crippen LogP contribution in [0.3, 0.4) is 0 Å². The van der Waals surface area contributed by atoms with Crippen LogP contribution in [0.25, 0.3) is 0 Å². The van der Waals surface area contributed by atoms with Crippen LogP contribution in [0.4, 0.5) is 5.69 Å². The molecule has 98 valence electrons. The molecule has 1 unspecified atom stereocenters. The SMILES string of the molecule is CC(C)OCC(=O)N1CCC(O)c2ccccc21. The van der Waals surface area contributed by atoms with E-state index in [1.165, 1.54) is 0 Å². The number of carbonyl (C=O) groups excluding carboxylic acids is 1. The second-order valence-corrected chi connectivity index (χ2v) is 4.77. The number of hydrogen-bond acceptors (Lipinski definition) is 3.